The maximum atomic E-state index is 12.3. The van der Waals surface area contributed by atoms with Crippen LogP contribution in [0.5, 0.6) is 11.5 Å². The van der Waals surface area contributed by atoms with Gasteiger partial charge in [0.1, 0.15) is 22.6 Å². The van der Waals surface area contributed by atoms with E-state index in [2.05, 4.69) is 38.2 Å². The number of aryl methyl sites for hydroxylation is 1. The van der Waals surface area contributed by atoms with Gasteiger partial charge in [-0.3, -0.25) is 4.79 Å². The molecule has 218 valence electrons. The van der Waals surface area contributed by atoms with Gasteiger partial charge in [-0.2, -0.15) is 0 Å². The SMILES string of the molecule is C/C(=C\CC/C(C)=C/CCC1(C)CCc2c(C)c(O)cc(C)c2O1)CC/C=C(\C)C(=O)NC(CO)(CO)CO. The zero-order valence-electron chi connectivity index (χ0n) is 24.7. The highest BCUT2D eigenvalue weighted by Crippen LogP contribution is 2.42. The highest BCUT2D eigenvalue weighted by atomic mass is 16.5. The largest absolute Gasteiger partial charge is 0.508 e. The standard InChI is InChI=1S/C32H49NO6/c1-22(12-8-14-24(3)30(38)33-32(19-34,20-35)21-36)10-7-11-23(2)13-9-16-31(6)17-15-27-26(5)28(37)18-25(4)29(27)39-31/h10,13-14,18,34-37H,7-9,11-12,15-17,19-21H2,1-6H3,(H,33,38)/b22-10+,23-13+,24-14+. The van der Waals surface area contributed by atoms with Crippen LogP contribution in [0.1, 0.15) is 89.3 Å². The molecule has 1 unspecified atom stereocenters. The molecule has 1 aliphatic rings. The number of phenolic OH excluding ortho intramolecular Hbond substituents is 1. The molecule has 2 rings (SSSR count). The number of rotatable bonds is 14. The number of phenols is 1. The summed E-state index contributed by atoms with van der Waals surface area (Å²) in [5.41, 5.74) is 4.57. The number of amides is 1. The van der Waals surface area contributed by atoms with Gasteiger partial charge in [-0.15, -0.1) is 0 Å². The molecule has 7 nitrogen and oxygen atoms in total. The van der Waals surface area contributed by atoms with E-state index < -0.39 is 31.3 Å². The number of benzene rings is 1. The van der Waals surface area contributed by atoms with Gasteiger partial charge in [-0.25, -0.2) is 0 Å². The molecule has 0 aliphatic carbocycles. The average molecular weight is 544 g/mol. The number of carbonyl (C=O) groups is 1. The number of ether oxygens (including phenoxy) is 1. The van der Waals surface area contributed by atoms with E-state index in [1.807, 2.05) is 19.9 Å². The van der Waals surface area contributed by atoms with Crippen molar-refractivity contribution in [2.45, 2.75) is 104 Å². The lowest BCUT2D eigenvalue weighted by Gasteiger charge is -2.37. The van der Waals surface area contributed by atoms with Crippen LogP contribution in [0.2, 0.25) is 0 Å². The lowest BCUT2D eigenvalue weighted by atomic mass is 9.86. The highest BCUT2D eigenvalue weighted by Gasteiger charge is 2.33. The second-order valence-corrected chi connectivity index (χ2v) is 11.5. The van der Waals surface area contributed by atoms with Crippen molar-refractivity contribution >= 4 is 5.91 Å². The minimum absolute atomic E-state index is 0.202. The number of carbonyl (C=O) groups excluding carboxylic acids is 1. The number of aliphatic hydroxyl groups is 3. The predicted octanol–water partition coefficient (Wildman–Crippen LogP) is 5.10. The molecule has 0 aromatic heterocycles. The molecule has 0 saturated carbocycles. The molecule has 1 aliphatic heterocycles. The molecule has 1 amide bonds. The Morgan fingerprint density at radius 2 is 1.56 bits per heavy atom. The average Bonchev–Trinajstić information content (AvgIpc) is 2.90. The molecule has 1 aromatic rings. The second-order valence-electron chi connectivity index (χ2n) is 11.5. The van der Waals surface area contributed by atoms with E-state index in [-0.39, 0.29) is 5.60 Å². The molecular formula is C32H49NO6. The Bertz CT molecular complexity index is 1070. The first-order valence-electron chi connectivity index (χ1n) is 14.0. The summed E-state index contributed by atoms with van der Waals surface area (Å²) in [6, 6.07) is 1.80. The topological polar surface area (TPSA) is 119 Å². The van der Waals surface area contributed by atoms with Crippen LogP contribution in [-0.2, 0) is 11.2 Å². The molecule has 5 N–H and O–H groups in total. The molecule has 0 spiro atoms. The fraction of sp³-hybridized carbons (Fsp3) is 0.594. The van der Waals surface area contributed by atoms with Crippen molar-refractivity contribution in [3.8, 4) is 11.5 Å². The summed E-state index contributed by atoms with van der Waals surface area (Å²) in [6.07, 6.45) is 13.7. The van der Waals surface area contributed by atoms with Crippen LogP contribution in [0.3, 0.4) is 0 Å². The van der Waals surface area contributed by atoms with Crippen LogP contribution < -0.4 is 10.1 Å². The monoisotopic (exact) mass is 543 g/mol. The van der Waals surface area contributed by atoms with Crippen LogP contribution in [0.4, 0.5) is 0 Å². The molecule has 1 atom stereocenters. The van der Waals surface area contributed by atoms with Gasteiger partial charge in [0, 0.05) is 11.1 Å². The number of aliphatic hydroxyl groups excluding tert-OH is 3. The number of nitrogens with one attached hydrogen (secondary N) is 1. The molecule has 0 radical (unpaired) electrons. The summed E-state index contributed by atoms with van der Waals surface area (Å²) in [4.78, 5) is 12.3. The molecule has 1 aromatic carbocycles. The third kappa shape index (κ3) is 9.23. The lowest BCUT2D eigenvalue weighted by molar-refractivity contribution is -0.121. The van der Waals surface area contributed by atoms with Crippen molar-refractivity contribution in [3.63, 3.8) is 0 Å². The first kappa shape index (κ1) is 32.6. The first-order valence-corrected chi connectivity index (χ1v) is 14.0. The fourth-order valence-electron chi connectivity index (χ4n) is 4.84. The van der Waals surface area contributed by atoms with Crippen LogP contribution in [0.15, 0.2) is 41.0 Å². The maximum absolute atomic E-state index is 12.3. The Balaban J connectivity index is 1.78. The van der Waals surface area contributed by atoms with Crippen molar-refractivity contribution < 1.29 is 30.0 Å². The van der Waals surface area contributed by atoms with Gasteiger partial charge < -0.3 is 30.5 Å². The Morgan fingerprint density at radius 3 is 2.15 bits per heavy atom. The normalized spacial score (nSPS) is 18.5. The Hall–Kier alpha value is -2.61. The van der Waals surface area contributed by atoms with E-state index >= 15 is 0 Å². The molecule has 0 bridgehead atoms. The number of hydrogen-bond acceptors (Lipinski definition) is 6. The Labute approximate surface area is 234 Å². The van der Waals surface area contributed by atoms with E-state index in [0.717, 1.165) is 67.4 Å². The zero-order valence-corrected chi connectivity index (χ0v) is 24.7. The summed E-state index contributed by atoms with van der Waals surface area (Å²) in [5.74, 6) is 0.888. The van der Waals surface area contributed by atoms with Gasteiger partial charge in [0.05, 0.1) is 19.8 Å². The number of fused-ring (bicyclic) bond motifs is 1. The quantitative estimate of drug-likeness (QED) is 0.164. The number of hydrogen-bond donors (Lipinski definition) is 5. The minimum atomic E-state index is -1.41. The van der Waals surface area contributed by atoms with Gasteiger partial charge in [-0.1, -0.05) is 29.4 Å². The molecule has 7 heteroatoms. The van der Waals surface area contributed by atoms with Gasteiger partial charge in [0.2, 0.25) is 5.91 Å². The van der Waals surface area contributed by atoms with Crippen LogP contribution >= 0.6 is 0 Å². The molecule has 0 saturated heterocycles. The van der Waals surface area contributed by atoms with Crippen molar-refractivity contribution in [2.75, 3.05) is 19.8 Å². The van der Waals surface area contributed by atoms with E-state index in [4.69, 9.17) is 4.74 Å². The second kappa shape index (κ2) is 14.7. The maximum Gasteiger partial charge on any atom is 0.247 e. The van der Waals surface area contributed by atoms with Crippen LogP contribution in [-0.4, -0.2) is 57.3 Å². The van der Waals surface area contributed by atoms with Crippen molar-refractivity contribution in [3.05, 3.63) is 57.7 Å². The van der Waals surface area contributed by atoms with E-state index in [1.54, 1.807) is 13.0 Å². The predicted molar refractivity (Wildman–Crippen MR) is 156 cm³/mol. The summed E-state index contributed by atoms with van der Waals surface area (Å²) < 4.78 is 6.48. The van der Waals surface area contributed by atoms with E-state index in [1.165, 1.54) is 11.1 Å². The third-order valence-electron chi connectivity index (χ3n) is 7.91. The van der Waals surface area contributed by atoms with Crippen LogP contribution in [0.25, 0.3) is 0 Å². The zero-order chi connectivity index (χ0) is 29.2. The van der Waals surface area contributed by atoms with Gasteiger partial charge >= 0.3 is 0 Å². The molecule has 39 heavy (non-hydrogen) atoms. The Kier molecular flexibility index (Phi) is 12.3. The smallest absolute Gasteiger partial charge is 0.247 e. The minimum Gasteiger partial charge on any atom is -0.508 e. The van der Waals surface area contributed by atoms with Gasteiger partial charge in [0.25, 0.3) is 0 Å². The van der Waals surface area contributed by atoms with E-state index in [0.29, 0.717) is 17.7 Å². The molecular weight excluding hydrogens is 494 g/mol. The third-order valence-corrected chi connectivity index (χ3v) is 7.91. The first-order chi connectivity index (χ1) is 18.4. The Morgan fingerprint density at radius 1 is 1.00 bits per heavy atom. The summed E-state index contributed by atoms with van der Waals surface area (Å²) >= 11 is 0. The van der Waals surface area contributed by atoms with Crippen molar-refractivity contribution in [1.29, 1.82) is 0 Å². The highest BCUT2D eigenvalue weighted by molar-refractivity contribution is 5.93. The fourth-order valence-corrected chi connectivity index (χ4v) is 4.84. The molecule has 1 heterocycles. The summed E-state index contributed by atoms with van der Waals surface area (Å²) in [6.45, 7) is 10.5. The van der Waals surface area contributed by atoms with Crippen molar-refractivity contribution in [2.24, 2.45) is 0 Å². The number of allylic oxidation sites excluding steroid dienone is 5. The van der Waals surface area contributed by atoms with Crippen molar-refractivity contribution in [1.82, 2.24) is 5.32 Å². The van der Waals surface area contributed by atoms with Gasteiger partial charge in [0.15, 0.2) is 0 Å². The van der Waals surface area contributed by atoms with E-state index in [9.17, 15) is 25.2 Å². The summed E-state index contributed by atoms with van der Waals surface area (Å²) in [7, 11) is 0. The lowest BCUT2D eigenvalue weighted by Crippen LogP contribution is -2.57. The molecule has 0 fully saturated rings. The summed E-state index contributed by atoms with van der Waals surface area (Å²) in [5, 5.41) is 40.8. The number of aromatic hydroxyl groups is 1. The van der Waals surface area contributed by atoms with Gasteiger partial charge in [-0.05, 0) is 110 Å². The van der Waals surface area contributed by atoms with Crippen LogP contribution in [0, 0.1) is 13.8 Å².